The van der Waals surface area contributed by atoms with Gasteiger partial charge in [-0.05, 0) is 41.9 Å². The van der Waals surface area contributed by atoms with Crippen LogP contribution in [0.4, 0.5) is 0 Å². The summed E-state index contributed by atoms with van der Waals surface area (Å²) in [5.74, 6) is 1.26. The molecule has 0 atom stereocenters. The third kappa shape index (κ3) is 4.62. The van der Waals surface area contributed by atoms with Crippen molar-refractivity contribution in [2.75, 3.05) is 13.1 Å². The molecule has 2 nitrogen and oxygen atoms in total. The van der Waals surface area contributed by atoms with Crippen molar-refractivity contribution in [3.05, 3.63) is 29.3 Å². The monoisotopic (exact) mass is 323 g/mol. The summed E-state index contributed by atoms with van der Waals surface area (Å²) in [4.78, 5) is 2.33. The van der Waals surface area contributed by atoms with Gasteiger partial charge in [0.15, 0.2) is 0 Å². The summed E-state index contributed by atoms with van der Waals surface area (Å²) in [5, 5.41) is 10.0. The van der Waals surface area contributed by atoms with Crippen LogP contribution in [-0.2, 0) is 11.2 Å². The van der Waals surface area contributed by atoms with E-state index in [1.54, 1.807) is 17.8 Å². The second-order valence-electron chi connectivity index (χ2n) is 6.70. The van der Waals surface area contributed by atoms with Crippen molar-refractivity contribution in [1.29, 1.82) is 0 Å². The van der Waals surface area contributed by atoms with Crippen LogP contribution in [0.15, 0.2) is 18.2 Å². The van der Waals surface area contributed by atoms with Crippen LogP contribution in [0.25, 0.3) is 0 Å². The van der Waals surface area contributed by atoms with Gasteiger partial charge in [0.1, 0.15) is 10.1 Å². The Labute approximate surface area is 137 Å². The number of phenols is 1. The average Bonchev–Trinajstić information content (AvgIpc) is 2.45. The largest absolute Gasteiger partial charge is 0.508 e. The van der Waals surface area contributed by atoms with Gasteiger partial charge in [0.2, 0.25) is 0 Å². The molecule has 116 valence electrons. The Morgan fingerprint density at radius 3 is 2.52 bits per heavy atom. The summed E-state index contributed by atoms with van der Waals surface area (Å²) >= 11 is 7.28. The summed E-state index contributed by atoms with van der Waals surface area (Å²) in [7, 11) is 0. The molecule has 1 saturated heterocycles. The second kappa shape index (κ2) is 7.01. The number of nitrogens with zero attached hydrogens (tertiary/aromatic N) is 1. The minimum absolute atomic E-state index is 0.0435. The predicted octanol–water partition coefficient (Wildman–Crippen LogP) is 4.69. The molecule has 1 fully saturated rings. The van der Waals surface area contributed by atoms with Gasteiger partial charge in [0.05, 0.1) is 0 Å². The first-order valence-electron chi connectivity index (χ1n) is 7.62. The van der Waals surface area contributed by atoms with Gasteiger partial charge in [-0.3, -0.25) is 0 Å². The van der Waals surface area contributed by atoms with E-state index >= 15 is 0 Å². The smallest absolute Gasteiger partial charge is 0.136 e. The number of hydrogen-bond donors (Lipinski definition) is 1. The quantitative estimate of drug-likeness (QED) is 0.797. The lowest BCUT2D eigenvalue weighted by Crippen LogP contribution is -2.32. The Balaban J connectivity index is 1.98. The molecular weight excluding hydrogens is 298 g/mol. The van der Waals surface area contributed by atoms with Crippen LogP contribution < -0.4 is 0 Å². The molecule has 1 aromatic rings. The standard InChI is InChI=1S/C17H25NOS2/c1-17(2,3)14-11-13(7-8-15(14)19)12-21-16(20)18-9-5-4-6-10-18/h7-8,11,19H,4-6,9-10,12H2,1-3H3. The summed E-state index contributed by atoms with van der Waals surface area (Å²) in [6.45, 7) is 8.58. The summed E-state index contributed by atoms with van der Waals surface area (Å²) in [6.07, 6.45) is 3.85. The van der Waals surface area contributed by atoms with Crippen molar-refractivity contribution >= 4 is 28.3 Å². The molecule has 0 aromatic heterocycles. The van der Waals surface area contributed by atoms with Gasteiger partial charge < -0.3 is 10.0 Å². The number of aromatic hydroxyl groups is 1. The molecule has 0 bridgehead atoms. The van der Waals surface area contributed by atoms with E-state index in [1.807, 2.05) is 6.07 Å². The number of piperidine rings is 1. The predicted molar refractivity (Wildman–Crippen MR) is 96.1 cm³/mol. The van der Waals surface area contributed by atoms with E-state index in [2.05, 4.69) is 31.7 Å². The van der Waals surface area contributed by atoms with E-state index in [-0.39, 0.29) is 5.41 Å². The molecule has 1 aliphatic heterocycles. The van der Waals surface area contributed by atoms with Crippen LogP contribution in [-0.4, -0.2) is 27.4 Å². The SMILES string of the molecule is CC(C)(C)c1cc(CSC(=S)N2CCCCC2)ccc1O. The molecule has 21 heavy (non-hydrogen) atoms. The van der Waals surface area contributed by atoms with Gasteiger partial charge in [-0.15, -0.1) is 0 Å². The van der Waals surface area contributed by atoms with E-state index in [4.69, 9.17) is 12.2 Å². The molecule has 1 aromatic carbocycles. The lowest BCUT2D eigenvalue weighted by Gasteiger charge is -2.28. The zero-order valence-corrected chi connectivity index (χ0v) is 14.8. The summed E-state index contributed by atoms with van der Waals surface area (Å²) < 4.78 is 1.01. The zero-order valence-electron chi connectivity index (χ0n) is 13.2. The molecule has 0 amide bonds. The third-order valence-corrected chi connectivity index (χ3v) is 5.44. The molecule has 1 heterocycles. The Morgan fingerprint density at radius 2 is 1.90 bits per heavy atom. The normalized spacial score (nSPS) is 16.0. The lowest BCUT2D eigenvalue weighted by molar-refractivity contribution is 0.352. The first kappa shape index (κ1) is 16.6. The van der Waals surface area contributed by atoms with Gasteiger partial charge in [0, 0.05) is 18.8 Å². The molecule has 0 spiro atoms. The number of hydrogen-bond acceptors (Lipinski definition) is 3. The topological polar surface area (TPSA) is 23.5 Å². The minimum atomic E-state index is -0.0435. The summed E-state index contributed by atoms with van der Waals surface area (Å²) in [5.41, 5.74) is 2.18. The van der Waals surface area contributed by atoms with Crippen LogP contribution in [0, 0.1) is 0 Å². The number of phenolic OH excluding ortho intramolecular Hbond substituents is 1. The fourth-order valence-electron chi connectivity index (χ4n) is 2.59. The maximum Gasteiger partial charge on any atom is 0.136 e. The number of thiocarbonyl (C=S) groups is 1. The van der Waals surface area contributed by atoms with Crippen LogP contribution in [0.1, 0.15) is 51.2 Å². The Bertz CT molecular complexity index is 502. The number of benzene rings is 1. The molecule has 0 radical (unpaired) electrons. The Kier molecular flexibility index (Phi) is 5.55. The fourth-order valence-corrected chi connectivity index (χ4v) is 3.78. The summed E-state index contributed by atoms with van der Waals surface area (Å²) in [6, 6.07) is 5.91. The second-order valence-corrected chi connectivity index (χ2v) is 8.31. The van der Waals surface area contributed by atoms with E-state index in [9.17, 15) is 5.11 Å². The van der Waals surface area contributed by atoms with Crippen molar-refractivity contribution in [3.8, 4) is 5.75 Å². The lowest BCUT2D eigenvalue weighted by atomic mass is 9.85. The van der Waals surface area contributed by atoms with Gasteiger partial charge >= 0.3 is 0 Å². The van der Waals surface area contributed by atoms with Crippen LogP contribution >= 0.6 is 24.0 Å². The molecule has 0 aliphatic carbocycles. The van der Waals surface area contributed by atoms with Crippen molar-refractivity contribution in [2.24, 2.45) is 0 Å². The van der Waals surface area contributed by atoms with Gasteiger partial charge in [-0.1, -0.05) is 56.9 Å². The molecule has 4 heteroatoms. The molecular formula is C17H25NOS2. The minimum Gasteiger partial charge on any atom is -0.508 e. The Hall–Kier alpha value is -0.740. The fraction of sp³-hybridized carbons (Fsp3) is 0.588. The van der Waals surface area contributed by atoms with Gasteiger partial charge in [-0.25, -0.2) is 0 Å². The van der Waals surface area contributed by atoms with Crippen molar-refractivity contribution in [2.45, 2.75) is 51.2 Å². The van der Waals surface area contributed by atoms with E-state index < -0.39 is 0 Å². The van der Waals surface area contributed by atoms with Crippen molar-refractivity contribution < 1.29 is 5.11 Å². The van der Waals surface area contributed by atoms with Crippen LogP contribution in [0.3, 0.4) is 0 Å². The third-order valence-electron chi connectivity index (χ3n) is 3.85. The van der Waals surface area contributed by atoms with Crippen molar-refractivity contribution in [3.63, 3.8) is 0 Å². The number of thioether (sulfide) groups is 1. The molecule has 1 aliphatic rings. The Morgan fingerprint density at radius 1 is 1.24 bits per heavy atom. The highest BCUT2D eigenvalue weighted by atomic mass is 32.2. The highest BCUT2D eigenvalue weighted by Gasteiger charge is 2.19. The molecule has 1 N–H and O–H groups in total. The van der Waals surface area contributed by atoms with Crippen LogP contribution in [0.2, 0.25) is 0 Å². The first-order valence-corrected chi connectivity index (χ1v) is 9.01. The highest BCUT2D eigenvalue weighted by Crippen LogP contribution is 2.32. The number of likely N-dealkylation sites (tertiary alicyclic amines) is 1. The van der Waals surface area contributed by atoms with Crippen LogP contribution in [0.5, 0.6) is 5.75 Å². The number of rotatable bonds is 2. The van der Waals surface area contributed by atoms with Gasteiger partial charge in [0.25, 0.3) is 0 Å². The molecule has 2 rings (SSSR count). The first-order chi connectivity index (χ1) is 9.88. The zero-order chi connectivity index (χ0) is 15.5. The van der Waals surface area contributed by atoms with Crippen molar-refractivity contribution in [1.82, 2.24) is 4.90 Å². The maximum absolute atomic E-state index is 10.0. The van der Waals surface area contributed by atoms with E-state index in [0.29, 0.717) is 5.75 Å². The van der Waals surface area contributed by atoms with E-state index in [0.717, 1.165) is 28.7 Å². The average molecular weight is 324 g/mol. The molecule has 0 saturated carbocycles. The highest BCUT2D eigenvalue weighted by molar-refractivity contribution is 8.22. The molecule has 0 unspecified atom stereocenters. The van der Waals surface area contributed by atoms with E-state index in [1.165, 1.54) is 24.8 Å². The van der Waals surface area contributed by atoms with Gasteiger partial charge in [-0.2, -0.15) is 0 Å². The maximum atomic E-state index is 10.0.